The van der Waals surface area contributed by atoms with Gasteiger partial charge in [0.25, 0.3) is 0 Å². The normalized spacial score (nSPS) is 11.2. The first kappa shape index (κ1) is 14.8. The summed E-state index contributed by atoms with van der Waals surface area (Å²) in [6.07, 6.45) is -4.62. The minimum atomic E-state index is -4.62. The molecule has 0 aliphatic rings. The molecule has 0 amide bonds. The lowest BCUT2D eigenvalue weighted by Crippen LogP contribution is -2.14. The Morgan fingerprint density at radius 2 is 1.81 bits per heavy atom. The number of pyridine rings is 1. The quantitative estimate of drug-likeness (QED) is 0.907. The van der Waals surface area contributed by atoms with E-state index < -0.39 is 17.8 Å². The van der Waals surface area contributed by atoms with Crippen LogP contribution in [-0.2, 0) is 12.7 Å². The molecule has 0 fully saturated rings. The van der Waals surface area contributed by atoms with Crippen molar-refractivity contribution in [1.29, 1.82) is 0 Å². The lowest BCUT2D eigenvalue weighted by Gasteiger charge is -2.12. The molecule has 0 bridgehead atoms. The van der Waals surface area contributed by atoms with Crippen LogP contribution in [0, 0.1) is 0 Å². The van der Waals surface area contributed by atoms with Gasteiger partial charge in [0.1, 0.15) is 17.1 Å². The number of alkyl halides is 3. The number of rotatable bonds is 4. The molecule has 0 aliphatic carbocycles. The van der Waals surface area contributed by atoms with E-state index in [4.69, 9.17) is 5.11 Å². The number of hydrogen-bond donors (Lipinski definition) is 2. The second-order valence-corrected chi connectivity index (χ2v) is 4.23. The Bertz CT molecular complexity index is 642. The van der Waals surface area contributed by atoms with Crippen LogP contribution in [0.15, 0.2) is 42.5 Å². The van der Waals surface area contributed by atoms with Gasteiger partial charge in [0.05, 0.1) is 0 Å². The van der Waals surface area contributed by atoms with Crippen LogP contribution >= 0.6 is 0 Å². The molecule has 1 heterocycles. The van der Waals surface area contributed by atoms with E-state index >= 15 is 0 Å². The number of benzene rings is 1. The molecule has 0 aliphatic heterocycles. The molecular weight excluding hydrogens is 285 g/mol. The highest BCUT2D eigenvalue weighted by atomic mass is 19.4. The Kier molecular flexibility index (Phi) is 4.11. The van der Waals surface area contributed by atoms with E-state index in [2.05, 4.69) is 10.3 Å². The highest BCUT2D eigenvalue weighted by Crippen LogP contribution is 2.29. The maximum absolute atomic E-state index is 12.6. The van der Waals surface area contributed by atoms with E-state index in [0.29, 0.717) is 6.07 Å². The lowest BCUT2D eigenvalue weighted by atomic mass is 10.2. The van der Waals surface area contributed by atoms with Crippen molar-refractivity contribution in [2.45, 2.75) is 12.7 Å². The van der Waals surface area contributed by atoms with Crippen LogP contribution in [-0.4, -0.2) is 16.1 Å². The molecule has 0 unspecified atom stereocenters. The van der Waals surface area contributed by atoms with Gasteiger partial charge in [0.2, 0.25) is 0 Å². The van der Waals surface area contributed by atoms with Crippen molar-refractivity contribution in [2.75, 3.05) is 5.32 Å². The number of nitrogens with one attached hydrogen (secondary N) is 1. The Morgan fingerprint density at radius 1 is 1.14 bits per heavy atom. The summed E-state index contributed by atoms with van der Waals surface area (Å²) in [5.41, 5.74) is -0.643. The number of carbonyl (C=O) groups is 1. The van der Waals surface area contributed by atoms with Crippen LogP contribution in [0.2, 0.25) is 0 Å². The Labute approximate surface area is 118 Å². The van der Waals surface area contributed by atoms with E-state index in [1.165, 1.54) is 0 Å². The van der Waals surface area contributed by atoms with E-state index in [9.17, 15) is 18.0 Å². The lowest BCUT2D eigenvalue weighted by molar-refractivity contribution is -0.141. The van der Waals surface area contributed by atoms with Gasteiger partial charge in [0.15, 0.2) is 0 Å². The van der Waals surface area contributed by atoms with Crippen molar-refractivity contribution in [3.63, 3.8) is 0 Å². The van der Waals surface area contributed by atoms with Crippen LogP contribution in [0.25, 0.3) is 0 Å². The van der Waals surface area contributed by atoms with E-state index in [1.54, 1.807) is 30.3 Å². The molecule has 0 atom stereocenters. The predicted octanol–water partition coefficient (Wildman–Crippen LogP) is 3.41. The van der Waals surface area contributed by atoms with Gasteiger partial charge in [-0.1, -0.05) is 30.3 Å². The van der Waals surface area contributed by atoms with E-state index in [0.717, 1.165) is 11.6 Å². The average molecular weight is 296 g/mol. The van der Waals surface area contributed by atoms with Crippen LogP contribution < -0.4 is 5.32 Å². The number of carboxylic acid groups (broad SMARTS) is 1. The van der Waals surface area contributed by atoms with Crippen molar-refractivity contribution in [2.24, 2.45) is 0 Å². The zero-order valence-electron chi connectivity index (χ0n) is 10.7. The first-order chi connectivity index (χ1) is 9.88. The van der Waals surface area contributed by atoms with Crippen molar-refractivity contribution >= 4 is 11.8 Å². The number of hydrogen-bond acceptors (Lipinski definition) is 3. The number of aromatic nitrogens is 1. The molecule has 0 spiro atoms. The zero-order valence-corrected chi connectivity index (χ0v) is 10.7. The summed E-state index contributed by atoms with van der Waals surface area (Å²) in [5, 5.41) is 11.6. The molecule has 0 saturated carbocycles. The third kappa shape index (κ3) is 3.71. The van der Waals surface area contributed by atoms with E-state index in [-0.39, 0.29) is 17.9 Å². The zero-order chi connectivity index (χ0) is 15.5. The number of anilines is 1. The van der Waals surface area contributed by atoms with Gasteiger partial charge in [-0.15, -0.1) is 0 Å². The third-order valence-corrected chi connectivity index (χ3v) is 2.72. The van der Waals surface area contributed by atoms with Crippen LogP contribution in [0.1, 0.15) is 21.6 Å². The standard InChI is InChI=1S/C14H11F3N2O2/c15-14(16,17)11-7-6-10(13(20)21)12(19-11)18-8-9-4-2-1-3-5-9/h1-7H,8H2,(H,18,19)(H,20,21). The summed E-state index contributed by atoms with van der Waals surface area (Å²) < 4.78 is 37.9. The second kappa shape index (κ2) is 5.82. The molecule has 1 aromatic heterocycles. The van der Waals surface area contributed by atoms with Crippen LogP contribution in [0.5, 0.6) is 0 Å². The van der Waals surface area contributed by atoms with Gasteiger partial charge in [0, 0.05) is 6.54 Å². The molecule has 21 heavy (non-hydrogen) atoms. The molecular formula is C14H11F3N2O2. The van der Waals surface area contributed by atoms with E-state index in [1.807, 2.05) is 0 Å². The summed E-state index contributed by atoms with van der Waals surface area (Å²) in [5.74, 6) is -1.65. The fourth-order valence-corrected chi connectivity index (χ4v) is 1.71. The second-order valence-electron chi connectivity index (χ2n) is 4.23. The van der Waals surface area contributed by atoms with Crippen LogP contribution in [0.4, 0.5) is 19.0 Å². The van der Waals surface area contributed by atoms with Gasteiger partial charge < -0.3 is 10.4 Å². The minimum absolute atomic E-state index is 0.176. The SMILES string of the molecule is O=C(O)c1ccc(C(F)(F)F)nc1NCc1ccccc1. The van der Waals surface area contributed by atoms with Gasteiger partial charge in [-0.05, 0) is 17.7 Å². The summed E-state index contributed by atoms with van der Waals surface area (Å²) >= 11 is 0. The molecule has 2 N–H and O–H groups in total. The van der Waals surface area contributed by atoms with Gasteiger partial charge in [-0.25, -0.2) is 9.78 Å². The summed E-state index contributed by atoms with van der Waals surface area (Å²) in [6, 6.07) is 10.4. The Balaban J connectivity index is 2.29. The first-order valence-corrected chi connectivity index (χ1v) is 5.97. The molecule has 110 valence electrons. The highest BCUT2D eigenvalue weighted by molar-refractivity contribution is 5.93. The predicted molar refractivity (Wildman–Crippen MR) is 70.0 cm³/mol. The number of carboxylic acids is 1. The smallest absolute Gasteiger partial charge is 0.433 e. The number of aromatic carboxylic acids is 1. The fourth-order valence-electron chi connectivity index (χ4n) is 1.71. The number of halogens is 3. The molecule has 4 nitrogen and oxygen atoms in total. The fraction of sp³-hybridized carbons (Fsp3) is 0.143. The Morgan fingerprint density at radius 3 is 2.38 bits per heavy atom. The molecule has 2 rings (SSSR count). The van der Waals surface area contributed by atoms with Crippen molar-refractivity contribution in [3.05, 3.63) is 59.3 Å². The Hall–Kier alpha value is -2.57. The van der Waals surface area contributed by atoms with Gasteiger partial charge in [-0.2, -0.15) is 13.2 Å². The van der Waals surface area contributed by atoms with Crippen molar-refractivity contribution in [1.82, 2.24) is 4.98 Å². The topological polar surface area (TPSA) is 62.2 Å². The third-order valence-electron chi connectivity index (χ3n) is 2.72. The first-order valence-electron chi connectivity index (χ1n) is 5.97. The van der Waals surface area contributed by atoms with Crippen molar-refractivity contribution in [3.8, 4) is 0 Å². The van der Waals surface area contributed by atoms with Crippen LogP contribution in [0.3, 0.4) is 0 Å². The highest BCUT2D eigenvalue weighted by Gasteiger charge is 2.33. The summed E-state index contributed by atoms with van der Waals surface area (Å²) in [4.78, 5) is 14.4. The van der Waals surface area contributed by atoms with Gasteiger partial charge in [-0.3, -0.25) is 0 Å². The molecule has 1 aromatic carbocycles. The minimum Gasteiger partial charge on any atom is -0.478 e. The summed E-state index contributed by atoms with van der Waals surface area (Å²) in [7, 11) is 0. The molecule has 0 radical (unpaired) electrons. The van der Waals surface area contributed by atoms with Crippen molar-refractivity contribution < 1.29 is 23.1 Å². The summed E-state index contributed by atoms with van der Waals surface area (Å²) in [6.45, 7) is 0.176. The maximum Gasteiger partial charge on any atom is 0.433 e. The monoisotopic (exact) mass is 296 g/mol. The molecule has 7 heteroatoms. The molecule has 2 aromatic rings. The van der Waals surface area contributed by atoms with Gasteiger partial charge >= 0.3 is 12.1 Å². The maximum atomic E-state index is 12.6. The largest absolute Gasteiger partial charge is 0.478 e. The molecule has 0 saturated heterocycles. The number of nitrogens with zero attached hydrogens (tertiary/aromatic N) is 1. The average Bonchev–Trinajstić information content (AvgIpc) is 2.45.